The summed E-state index contributed by atoms with van der Waals surface area (Å²) in [5.41, 5.74) is 0.920. The second-order valence-electron chi connectivity index (χ2n) is 3.17. The first-order valence-electron chi connectivity index (χ1n) is 4.56. The molecular weight excluding hydrogens is 210 g/mol. The molecule has 2 heterocycles. The van der Waals surface area contributed by atoms with Crippen molar-refractivity contribution in [1.29, 1.82) is 0 Å². The van der Waals surface area contributed by atoms with Gasteiger partial charge in [0, 0.05) is 6.20 Å². The SMILES string of the molecule is Cc1nccc(Sc2nc(C)c(C)o2)n1. The van der Waals surface area contributed by atoms with E-state index >= 15 is 0 Å². The van der Waals surface area contributed by atoms with Crippen LogP contribution in [0.2, 0.25) is 0 Å². The Bertz CT molecular complexity index is 462. The van der Waals surface area contributed by atoms with Crippen molar-refractivity contribution in [3.05, 3.63) is 29.5 Å². The minimum atomic E-state index is 0.628. The standard InChI is InChI=1S/C10H11N3OS/c1-6-7(2)14-10(12-6)15-9-4-5-11-8(3)13-9/h4-5H,1-3H3. The number of hydrogen-bond donors (Lipinski definition) is 0. The van der Waals surface area contributed by atoms with Crippen LogP contribution >= 0.6 is 11.8 Å². The third-order valence-electron chi connectivity index (χ3n) is 1.95. The van der Waals surface area contributed by atoms with Gasteiger partial charge in [-0.1, -0.05) is 0 Å². The summed E-state index contributed by atoms with van der Waals surface area (Å²) in [6.45, 7) is 5.68. The molecule has 0 aromatic carbocycles. The van der Waals surface area contributed by atoms with Crippen molar-refractivity contribution in [1.82, 2.24) is 15.0 Å². The summed E-state index contributed by atoms with van der Waals surface area (Å²) in [6.07, 6.45) is 1.73. The molecule has 0 atom stereocenters. The van der Waals surface area contributed by atoms with Gasteiger partial charge in [-0.05, 0) is 38.6 Å². The lowest BCUT2D eigenvalue weighted by Gasteiger charge is -1.96. The van der Waals surface area contributed by atoms with E-state index in [1.54, 1.807) is 6.20 Å². The average molecular weight is 221 g/mol. The van der Waals surface area contributed by atoms with Crippen LogP contribution in [0.15, 0.2) is 26.9 Å². The molecule has 0 N–H and O–H groups in total. The second-order valence-corrected chi connectivity index (χ2v) is 4.14. The van der Waals surface area contributed by atoms with Gasteiger partial charge in [-0.3, -0.25) is 0 Å². The fourth-order valence-electron chi connectivity index (χ4n) is 1.07. The molecule has 15 heavy (non-hydrogen) atoms. The van der Waals surface area contributed by atoms with Crippen LogP contribution in [0.4, 0.5) is 0 Å². The summed E-state index contributed by atoms with van der Waals surface area (Å²) in [4.78, 5) is 12.6. The maximum atomic E-state index is 5.45. The molecule has 0 amide bonds. The van der Waals surface area contributed by atoms with Crippen molar-refractivity contribution < 1.29 is 4.42 Å². The third kappa shape index (κ3) is 2.36. The molecule has 2 rings (SSSR count). The molecule has 2 aromatic heterocycles. The van der Waals surface area contributed by atoms with E-state index in [9.17, 15) is 0 Å². The van der Waals surface area contributed by atoms with E-state index in [0.717, 1.165) is 22.3 Å². The smallest absolute Gasteiger partial charge is 0.262 e. The maximum absolute atomic E-state index is 5.45. The molecule has 0 bridgehead atoms. The van der Waals surface area contributed by atoms with E-state index in [1.807, 2.05) is 26.8 Å². The number of oxazole rings is 1. The number of aromatic nitrogens is 3. The normalized spacial score (nSPS) is 10.6. The van der Waals surface area contributed by atoms with Gasteiger partial charge in [-0.15, -0.1) is 0 Å². The zero-order valence-corrected chi connectivity index (χ0v) is 9.63. The maximum Gasteiger partial charge on any atom is 0.262 e. The lowest BCUT2D eigenvalue weighted by Crippen LogP contribution is -1.87. The van der Waals surface area contributed by atoms with E-state index < -0.39 is 0 Å². The van der Waals surface area contributed by atoms with Gasteiger partial charge in [0.2, 0.25) is 0 Å². The van der Waals surface area contributed by atoms with Crippen LogP contribution in [0.25, 0.3) is 0 Å². The molecule has 0 saturated carbocycles. The molecule has 0 fully saturated rings. The van der Waals surface area contributed by atoms with Crippen molar-refractivity contribution >= 4 is 11.8 Å². The molecule has 0 radical (unpaired) electrons. The predicted molar refractivity (Wildman–Crippen MR) is 56.9 cm³/mol. The van der Waals surface area contributed by atoms with Crippen LogP contribution in [0.3, 0.4) is 0 Å². The summed E-state index contributed by atoms with van der Waals surface area (Å²) in [6, 6.07) is 1.84. The zero-order chi connectivity index (χ0) is 10.8. The Morgan fingerprint density at radius 2 is 2.00 bits per heavy atom. The topological polar surface area (TPSA) is 51.8 Å². The number of hydrogen-bond acceptors (Lipinski definition) is 5. The highest BCUT2D eigenvalue weighted by atomic mass is 32.2. The van der Waals surface area contributed by atoms with Crippen LogP contribution in [0, 0.1) is 20.8 Å². The van der Waals surface area contributed by atoms with Gasteiger partial charge in [-0.25, -0.2) is 15.0 Å². The van der Waals surface area contributed by atoms with Crippen molar-refractivity contribution in [3.8, 4) is 0 Å². The minimum absolute atomic E-state index is 0.628. The van der Waals surface area contributed by atoms with Crippen molar-refractivity contribution in [2.75, 3.05) is 0 Å². The Kier molecular flexibility index (Phi) is 2.73. The fraction of sp³-hybridized carbons (Fsp3) is 0.300. The van der Waals surface area contributed by atoms with Gasteiger partial charge in [-0.2, -0.15) is 0 Å². The average Bonchev–Trinajstić information content (AvgIpc) is 2.45. The summed E-state index contributed by atoms with van der Waals surface area (Å²) < 4.78 is 5.45. The molecule has 0 spiro atoms. The first-order valence-corrected chi connectivity index (χ1v) is 5.38. The molecule has 2 aromatic rings. The van der Waals surface area contributed by atoms with Crippen LogP contribution in [0.1, 0.15) is 17.3 Å². The van der Waals surface area contributed by atoms with Crippen LogP contribution in [-0.4, -0.2) is 15.0 Å². The first-order chi connectivity index (χ1) is 7.15. The second kappa shape index (κ2) is 4.02. The van der Waals surface area contributed by atoms with Gasteiger partial charge in [0.25, 0.3) is 5.22 Å². The largest absolute Gasteiger partial charge is 0.436 e. The van der Waals surface area contributed by atoms with Gasteiger partial charge in [0.05, 0.1) is 5.69 Å². The van der Waals surface area contributed by atoms with Crippen molar-refractivity contribution in [3.63, 3.8) is 0 Å². The summed E-state index contributed by atoms with van der Waals surface area (Å²) >= 11 is 1.41. The Balaban J connectivity index is 2.22. The molecule has 0 aliphatic carbocycles. The molecular formula is C10H11N3OS. The van der Waals surface area contributed by atoms with Crippen LogP contribution in [-0.2, 0) is 0 Å². The molecule has 0 saturated heterocycles. The van der Waals surface area contributed by atoms with E-state index in [-0.39, 0.29) is 0 Å². The van der Waals surface area contributed by atoms with Crippen molar-refractivity contribution in [2.24, 2.45) is 0 Å². The minimum Gasteiger partial charge on any atom is -0.436 e. The van der Waals surface area contributed by atoms with E-state index in [1.165, 1.54) is 11.8 Å². The Morgan fingerprint density at radius 3 is 2.60 bits per heavy atom. The molecule has 0 unspecified atom stereocenters. The lowest BCUT2D eigenvalue weighted by molar-refractivity contribution is 0.431. The Hall–Kier alpha value is -1.36. The van der Waals surface area contributed by atoms with E-state index in [2.05, 4.69) is 15.0 Å². The van der Waals surface area contributed by atoms with Gasteiger partial charge in [0.15, 0.2) is 0 Å². The fourth-order valence-corrected chi connectivity index (χ4v) is 1.90. The molecule has 0 aliphatic heterocycles. The number of rotatable bonds is 2. The monoisotopic (exact) mass is 221 g/mol. The van der Waals surface area contributed by atoms with Crippen LogP contribution < -0.4 is 0 Å². The molecule has 5 heteroatoms. The molecule has 0 aliphatic rings. The number of nitrogens with zero attached hydrogens (tertiary/aromatic N) is 3. The third-order valence-corrected chi connectivity index (χ3v) is 2.74. The highest BCUT2D eigenvalue weighted by Crippen LogP contribution is 2.26. The molecule has 4 nitrogen and oxygen atoms in total. The zero-order valence-electron chi connectivity index (χ0n) is 8.81. The summed E-state index contributed by atoms with van der Waals surface area (Å²) in [7, 11) is 0. The number of aryl methyl sites for hydroxylation is 3. The highest BCUT2D eigenvalue weighted by Gasteiger charge is 2.08. The first kappa shape index (κ1) is 10.2. The van der Waals surface area contributed by atoms with E-state index in [0.29, 0.717) is 5.22 Å². The summed E-state index contributed by atoms with van der Waals surface area (Å²) in [5, 5.41) is 1.48. The quantitative estimate of drug-likeness (QED) is 0.729. The Labute approximate surface area is 92.2 Å². The van der Waals surface area contributed by atoms with Crippen molar-refractivity contribution in [2.45, 2.75) is 31.0 Å². The Morgan fingerprint density at radius 1 is 1.20 bits per heavy atom. The van der Waals surface area contributed by atoms with Gasteiger partial charge < -0.3 is 4.42 Å². The van der Waals surface area contributed by atoms with Crippen LogP contribution in [0.5, 0.6) is 0 Å². The summed E-state index contributed by atoms with van der Waals surface area (Å²) in [5.74, 6) is 1.60. The lowest BCUT2D eigenvalue weighted by atomic mass is 10.4. The van der Waals surface area contributed by atoms with Gasteiger partial charge in [0.1, 0.15) is 16.6 Å². The highest BCUT2D eigenvalue weighted by molar-refractivity contribution is 7.99. The van der Waals surface area contributed by atoms with E-state index in [4.69, 9.17) is 4.42 Å². The van der Waals surface area contributed by atoms with Gasteiger partial charge >= 0.3 is 0 Å². The predicted octanol–water partition coefficient (Wildman–Crippen LogP) is 2.54. The molecule has 78 valence electrons.